The molecule has 0 aliphatic carbocycles. The lowest BCUT2D eigenvalue weighted by Gasteiger charge is -2.08. The van der Waals surface area contributed by atoms with E-state index in [4.69, 9.17) is 33.0 Å². The number of para-hydroxylation sites is 1. The van der Waals surface area contributed by atoms with Crippen molar-refractivity contribution in [2.75, 3.05) is 6.54 Å². The molecule has 2 rings (SSSR count). The van der Waals surface area contributed by atoms with E-state index in [9.17, 15) is 4.79 Å². The van der Waals surface area contributed by atoms with Gasteiger partial charge in [-0.1, -0.05) is 23.7 Å². The Bertz CT molecular complexity index is 690. The molecule has 1 aromatic heterocycles. The van der Waals surface area contributed by atoms with Gasteiger partial charge in [0.25, 0.3) is 0 Å². The van der Waals surface area contributed by atoms with Crippen molar-refractivity contribution < 1.29 is 13.9 Å². The van der Waals surface area contributed by atoms with Crippen LogP contribution in [0.2, 0.25) is 5.02 Å². The fourth-order valence-corrected chi connectivity index (χ4v) is 2.05. The first kappa shape index (κ1) is 17.1. The Morgan fingerprint density at radius 1 is 1.26 bits per heavy atom. The third-order valence-electron chi connectivity index (χ3n) is 2.72. The van der Waals surface area contributed by atoms with Crippen molar-refractivity contribution in [3.8, 4) is 5.75 Å². The van der Waals surface area contributed by atoms with E-state index < -0.39 is 5.91 Å². The number of rotatable bonds is 5. The summed E-state index contributed by atoms with van der Waals surface area (Å²) in [5.41, 5.74) is 5.00. The van der Waals surface area contributed by atoms with Gasteiger partial charge in [0.05, 0.1) is 5.02 Å². The second-order valence-corrected chi connectivity index (χ2v) is 5.24. The number of thiocarbonyl (C=S) groups is 1. The summed E-state index contributed by atoms with van der Waals surface area (Å²) in [6.45, 7) is 2.72. The fourth-order valence-electron chi connectivity index (χ4n) is 1.67. The summed E-state index contributed by atoms with van der Waals surface area (Å²) in [6.07, 6.45) is 0. The highest BCUT2D eigenvalue weighted by Gasteiger charge is 2.12. The second-order valence-electron chi connectivity index (χ2n) is 4.42. The number of nitrogens with one attached hydrogen (secondary N) is 3. The van der Waals surface area contributed by atoms with E-state index >= 15 is 0 Å². The third kappa shape index (κ3) is 5.15. The minimum absolute atomic E-state index is 0.148. The van der Waals surface area contributed by atoms with Crippen LogP contribution in [0.5, 0.6) is 5.75 Å². The molecule has 23 heavy (non-hydrogen) atoms. The minimum atomic E-state index is -0.436. The number of ether oxygens (including phenoxy) is 1. The minimum Gasteiger partial charge on any atom is -0.484 e. The lowest BCUT2D eigenvalue weighted by Crippen LogP contribution is -2.46. The lowest BCUT2D eigenvalue weighted by molar-refractivity contribution is 0.0911. The highest BCUT2D eigenvalue weighted by Crippen LogP contribution is 2.24. The van der Waals surface area contributed by atoms with Crippen LogP contribution in [0.25, 0.3) is 0 Å². The van der Waals surface area contributed by atoms with Gasteiger partial charge in [-0.15, -0.1) is 0 Å². The van der Waals surface area contributed by atoms with Crippen LogP contribution in [0.15, 0.2) is 40.8 Å². The highest BCUT2D eigenvalue weighted by molar-refractivity contribution is 7.80. The van der Waals surface area contributed by atoms with E-state index in [-0.39, 0.29) is 12.4 Å². The molecular weight excluding hydrogens is 338 g/mol. The zero-order valence-electron chi connectivity index (χ0n) is 12.4. The van der Waals surface area contributed by atoms with Crippen LogP contribution in [-0.2, 0) is 6.61 Å². The van der Waals surface area contributed by atoms with Gasteiger partial charge in [-0.3, -0.25) is 15.6 Å². The molecule has 0 unspecified atom stereocenters. The Hall–Kier alpha value is -2.25. The molecule has 122 valence electrons. The average Bonchev–Trinajstić information content (AvgIpc) is 3.01. The van der Waals surface area contributed by atoms with Crippen molar-refractivity contribution in [2.45, 2.75) is 13.5 Å². The Labute approximate surface area is 144 Å². The predicted molar refractivity (Wildman–Crippen MR) is 91.4 cm³/mol. The number of carbonyl (C=O) groups excluding carboxylic acids is 1. The van der Waals surface area contributed by atoms with Crippen molar-refractivity contribution in [1.29, 1.82) is 0 Å². The zero-order chi connectivity index (χ0) is 16.7. The number of hydrogen-bond donors (Lipinski definition) is 3. The number of furan rings is 1. The van der Waals surface area contributed by atoms with Crippen LogP contribution in [0.1, 0.15) is 23.2 Å². The molecule has 0 atom stereocenters. The molecule has 0 bridgehead atoms. The number of amides is 1. The quantitative estimate of drug-likeness (QED) is 0.567. The van der Waals surface area contributed by atoms with Crippen molar-refractivity contribution in [1.82, 2.24) is 16.2 Å². The van der Waals surface area contributed by atoms with Crippen LogP contribution in [0.4, 0.5) is 0 Å². The SMILES string of the molecule is CCNC(=S)NNC(=O)c1ccc(COc2ccccc2Cl)o1. The van der Waals surface area contributed by atoms with E-state index in [2.05, 4.69) is 16.2 Å². The molecular formula is C15H16ClN3O3S. The van der Waals surface area contributed by atoms with Gasteiger partial charge in [0.2, 0.25) is 0 Å². The summed E-state index contributed by atoms with van der Waals surface area (Å²) in [4.78, 5) is 11.9. The van der Waals surface area contributed by atoms with Crippen molar-refractivity contribution in [3.63, 3.8) is 0 Å². The predicted octanol–water partition coefficient (Wildman–Crippen LogP) is 2.64. The van der Waals surface area contributed by atoms with Crippen molar-refractivity contribution in [2.24, 2.45) is 0 Å². The molecule has 1 heterocycles. The molecule has 0 saturated heterocycles. The molecule has 0 spiro atoms. The number of hydrogen-bond acceptors (Lipinski definition) is 4. The Kier molecular flexibility index (Phi) is 6.25. The smallest absolute Gasteiger partial charge is 0.305 e. The van der Waals surface area contributed by atoms with Gasteiger partial charge < -0.3 is 14.5 Å². The van der Waals surface area contributed by atoms with Gasteiger partial charge in [0.1, 0.15) is 18.1 Å². The molecule has 3 N–H and O–H groups in total. The normalized spacial score (nSPS) is 10.0. The van der Waals surface area contributed by atoms with Crippen LogP contribution < -0.4 is 20.9 Å². The van der Waals surface area contributed by atoms with Crippen LogP contribution >= 0.6 is 23.8 Å². The summed E-state index contributed by atoms with van der Waals surface area (Å²) in [5.74, 6) is 0.766. The first-order valence-corrected chi connectivity index (χ1v) is 7.69. The molecule has 0 aliphatic rings. The monoisotopic (exact) mass is 353 g/mol. The fraction of sp³-hybridized carbons (Fsp3) is 0.200. The Balaban J connectivity index is 1.86. The van der Waals surface area contributed by atoms with Gasteiger partial charge in [-0.25, -0.2) is 0 Å². The van der Waals surface area contributed by atoms with Crippen molar-refractivity contribution >= 4 is 34.8 Å². The zero-order valence-corrected chi connectivity index (χ0v) is 14.0. The molecule has 1 amide bonds. The highest BCUT2D eigenvalue weighted by atomic mass is 35.5. The summed E-state index contributed by atoms with van der Waals surface area (Å²) < 4.78 is 11.0. The molecule has 8 heteroatoms. The van der Waals surface area contributed by atoms with E-state index in [1.54, 1.807) is 24.3 Å². The van der Waals surface area contributed by atoms with Crippen LogP contribution in [0.3, 0.4) is 0 Å². The number of hydrazine groups is 1. The number of halogens is 1. The lowest BCUT2D eigenvalue weighted by atomic mass is 10.3. The Morgan fingerprint density at radius 3 is 2.78 bits per heavy atom. The van der Waals surface area contributed by atoms with Crippen LogP contribution in [0, 0.1) is 0 Å². The van der Waals surface area contributed by atoms with Crippen molar-refractivity contribution in [3.05, 3.63) is 52.9 Å². The number of carbonyl (C=O) groups is 1. The standard InChI is InChI=1S/C15H16ClN3O3S/c1-2-17-15(23)19-18-14(20)13-8-7-10(22-13)9-21-12-6-4-3-5-11(12)16/h3-8H,2,9H2,1H3,(H,18,20)(H2,17,19,23). The van der Waals surface area contributed by atoms with Gasteiger partial charge >= 0.3 is 5.91 Å². The first-order chi connectivity index (χ1) is 11.1. The first-order valence-electron chi connectivity index (χ1n) is 6.90. The maximum absolute atomic E-state index is 11.9. The summed E-state index contributed by atoms with van der Waals surface area (Å²) in [7, 11) is 0. The average molecular weight is 354 g/mol. The maximum atomic E-state index is 11.9. The number of benzene rings is 1. The van der Waals surface area contributed by atoms with E-state index in [0.717, 1.165) is 0 Å². The largest absolute Gasteiger partial charge is 0.484 e. The third-order valence-corrected chi connectivity index (χ3v) is 3.28. The maximum Gasteiger partial charge on any atom is 0.305 e. The van der Waals surface area contributed by atoms with Crippen LogP contribution in [-0.4, -0.2) is 17.6 Å². The van der Waals surface area contributed by atoms with E-state index in [1.807, 2.05) is 19.1 Å². The molecule has 0 fully saturated rings. The molecule has 0 saturated carbocycles. The molecule has 0 radical (unpaired) electrons. The Morgan fingerprint density at radius 2 is 2.04 bits per heavy atom. The molecule has 0 aliphatic heterocycles. The van der Waals surface area contributed by atoms with Gasteiger partial charge in [-0.2, -0.15) is 0 Å². The second kappa shape index (κ2) is 8.40. The summed E-state index contributed by atoms with van der Waals surface area (Å²) in [6, 6.07) is 10.3. The van der Waals surface area contributed by atoms with Gasteiger partial charge in [0, 0.05) is 6.54 Å². The molecule has 1 aromatic carbocycles. The molecule has 2 aromatic rings. The topological polar surface area (TPSA) is 75.5 Å². The molecule has 6 nitrogen and oxygen atoms in total. The van der Waals surface area contributed by atoms with E-state index in [0.29, 0.717) is 28.2 Å². The van der Waals surface area contributed by atoms with E-state index in [1.165, 1.54) is 0 Å². The van der Waals surface area contributed by atoms with Gasteiger partial charge in [0.15, 0.2) is 10.9 Å². The summed E-state index contributed by atoms with van der Waals surface area (Å²) >= 11 is 10.9. The van der Waals surface area contributed by atoms with Gasteiger partial charge in [-0.05, 0) is 43.4 Å². The summed E-state index contributed by atoms with van der Waals surface area (Å²) in [5, 5.41) is 3.68.